The molecule has 1 saturated heterocycles. The van der Waals surface area contributed by atoms with E-state index >= 15 is 0 Å². The van der Waals surface area contributed by atoms with Gasteiger partial charge in [0.1, 0.15) is 12.3 Å². The minimum atomic E-state index is -0.639. The van der Waals surface area contributed by atoms with Gasteiger partial charge in [-0.05, 0) is 94.6 Å². The molecule has 0 atom stereocenters. The number of methoxy groups -OCH3 is 1. The van der Waals surface area contributed by atoms with Crippen molar-refractivity contribution in [3.05, 3.63) is 29.7 Å². The Kier molecular flexibility index (Phi) is 8.75. The molecule has 2 amide bonds. The molecule has 1 fully saturated rings. The number of halogens is 2. The van der Waals surface area contributed by atoms with Crippen molar-refractivity contribution < 1.29 is 33.4 Å². The van der Waals surface area contributed by atoms with Gasteiger partial charge >= 0.3 is 11.9 Å². The summed E-state index contributed by atoms with van der Waals surface area (Å²) in [6, 6.07) is 3.52. The molecule has 156 valence electrons. The fraction of sp³-hybridized carbons (Fsp3) is 0.333. The van der Waals surface area contributed by atoms with Crippen LogP contribution < -0.4 is 4.74 Å². The number of ether oxygens (including phenoxy) is 3. The third-order valence-corrected chi connectivity index (χ3v) is 5.92. The Hall–Kier alpha value is -1.35. The van der Waals surface area contributed by atoms with Crippen LogP contribution in [0.25, 0.3) is 6.08 Å². The van der Waals surface area contributed by atoms with Crippen molar-refractivity contribution in [1.82, 2.24) is 4.90 Å². The molecular formula is C18H17I2NO7S. The number of carbonyl (C=O) groups is 4. The van der Waals surface area contributed by atoms with Crippen LogP contribution in [0.5, 0.6) is 5.75 Å². The smallest absolute Gasteiger partial charge is 0.343 e. The highest BCUT2D eigenvalue weighted by molar-refractivity contribution is 14.1. The van der Waals surface area contributed by atoms with Gasteiger partial charge in [0, 0.05) is 0 Å². The molecule has 11 heteroatoms. The fourth-order valence-electron chi connectivity index (χ4n) is 2.21. The summed E-state index contributed by atoms with van der Waals surface area (Å²) in [4.78, 5) is 48.8. The second-order valence-corrected chi connectivity index (χ2v) is 9.30. The highest BCUT2D eigenvalue weighted by Crippen LogP contribution is 2.34. The van der Waals surface area contributed by atoms with Crippen LogP contribution in [0.15, 0.2) is 17.0 Å². The Morgan fingerprint density at radius 1 is 1.17 bits per heavy atom. The van der Waals surface area contributed by atoms with Crippen molar-refractivity contribution >= 4 is 86.1 Å². The first-order chi connectivity index (χ1) is 13.6. The molecule has 0 bridgehead atoms. The van der Waals surface area contributed by atoms with Gasteiger partial charge in [0.15, 0.2) is 6.61 Å². The van der Waals surface area contributed by atoms with E-state index in [1.165, 1.54) is 7.11 Å². The number of imide groups is 1. The van der Waals surface area contributed by atoms with Crippen LogP contribution in [0.1, 0.15) is 19.4 Å². The van der Waals surface area contributed by atoms with Gasteiger partial charge in [-0.15, -0.1) is 0 Å². The molecular weight excluding hydrogens is 628 g/mol. The zero-order chi connectivity index (χ0) is 21.7. The third kappa shape index (κ3) is 6.57. The predicted octanol–water partition coefficient (Wildman–Crippen LogP) is 3.44. The van der Waals surface area contributed by atoms with Crippen LogP contribution in [0.2, 0.25) is 0 Å². The van der Waals surface area contributed by atoms with Crippen molar-refractivity contribution in [3.8, 4) is 5.75 Å². The fourth-order valence-corrected chi connectivity index (χ4v) is 5.17. The average Bonchev–Trinajstić information content (AvgIpc) is 2.87. The molecule has 1 aliphatic heterocycles. The van der Waals surface area contributed by atoms with E-state index in [0.717, 1.165) is 23.8 Å². The first-order valence-electron chi connectivity index (χ1n) is 8.26. The normalized spacial score (nSPS) is 15.2. The van der Waals surface area contributed by atoms with E-state index in [9.17, 15) is 19.2 Å². The van der Waals surface area contributed by atoms with Crippen LogP contribution in [0, 0.1) is 7.14 Å². The number of carbonyl (C=O) groups excluding carboxylic acids is 4. The molecule has 0 saturated carbocycles. The van der Waals surface area contributed by atoms with Crippen LogP contribution >= 0.6 is 56.9 Å². The van der Waals surface area contributed by atoms with Gasteiger partial charge in [-0.25, -0.2) is 4.79 Å². The Morgan fingerprint density at radius 3 is 2.34 bits per heavy atom. The molecule has 2 rings (SSSR count). The third-order valence-electron chi connectivity index (χ3n) is 3.41. The largest absolute Gasteiger partial charge is 0.480 e. The van der Waals surface area contributed by atoms with Crippen LogP contribution in [-0.4, -0.2) is 54.4 Å². The summed E-state index contributed by atoms with van der Waals surface area (Å²) in [5, 5.41) is -0.524. The summed E-state index contributed by atoms with van der Waals surface area (Å²) in [5.74, 6) is -1.15. The lowest BCUT2D eigenvalue weighted by molar-refractivity contribution is -0.149. The molecule has 1 aromatic carbocycles. The Bertz CT molecular complexity index is 862. The van der Waals surface area contributed by atoms with E-state index in [-0.39, 0.29) is 17.6 Å². The first-order valence-corrected chi connectivity index (χ1v) is 11.2. The summed E-state index contributed by atoms with van der Waals surface area (Å²) < 4.78 is 16.5. The average molecular weight is 645 g/mol. The van der Waals surface area contributed by atoms with Crippen molar-refractivity contribution in [2.45, 2.75) is 20.0 Å². The predicted molar refractivity (Wildman–Crippen MR) is 123 cm³/mol. The molecule has 29 heavy (non-hydrogen) atoms. The van der Waals surface area contributed by atoms with Gasteiger partial charge in [-0.1, -0.05) is 0 Å². The first kappa shape index (κ1) is 23.9. The molecule has 0 radical (unpaired) electrons. The highest BCUT2D eigenvalue weighted by Gasteiger charge is 2.36. The monoisotopic (exact) mass is 645 g/mol. The van der Waals surface area contributed by atoms with Gasteiger partial charge in [-0.2, -0.15) is 0 Å². The summed E-state index contributed by atoms with van der Waals surface area (Å²) in [6.07, 6.45) is 1.25. The topological polar surface area (TPSA) is 99.2 Å². The molecule has 0 spiro atoms. The number of rotatable bonds is 7. The molecule has 1 aliphatic rings. The molecule has 1 heterocycles. The van der Waals surface area contributed by atoms with Crippen LogP contribution in [0.3, 0.4) is 0 Å². The van der Waals surface area contributed by atoms with Gasteiger partial charge in [0.05, 0.1) is 25.3 Å². The number of hydrogen-bond acceptors (Lipinski definition) is 8. The molecule has 0 N–H and O–H groups in total. The maximum absolute atomic E-state index is 12.5. The molecule has 8 nitrogen and oxygen atoms in total. The zero-order valence-electron chi connectivity index (χ0n) is 15.7. The van der Waals surface area contributed by atoms with Crippen molar-refractivity contribution in [1.29, 1.82) is 0 Å². The van der Waals surface area contributed by atoms with E-state index < -0.39 is 29.6 Å². The van der Waals surface area contributed by atoms with Gasteiger partial charge < -0.3 is 14.2 Å². The van der Waals surface area contributed by atoms with E-state index in [4.69, 9.17) is 9.47 Å². The summed E-state index contributed by atoms with van der Waals surface area (Å²) in [7, 11) is 1.28. The van der Waals surface area contributed by atoms with E-state index in [1.54, 1.807) is 32.1 Å². The number of hydrogen-bond donors (Lipinski definition) is 0. The second kappa shape index (κ2) is 10.6. The van der Waals surface area contributed by atoms with Crippen molar-refractivity contribution in [2.75, 3.05) is 20.3 Å². The quantitative estimate of drug-likeness (QED) is 0.253. The second-order valence-electron chi connectivity index (χ2n) is 5.98. The van der Waals surface area contributed by atoms with E-state index in [1.807, 2.05) is 0 Å². The van der Waals surface area contributed by atoms with Gasteiger partial charge in [0.2, 0.25) is 0 Å². The maximum Gasteiger partial charge on any atom is 0.343 e. The number of esters is 2. The van der Waals surface area contributed by atoms with Crippen molar-refractivity contribution in [2.24, 2.45) is 0 Å². The molecule has 0 aromatic heterocycles. The van der Waals surface area contributed by atoms with Crippen LogP contribution in [0.4, 0.5) is 4.79 Å². The lowest BCUT2D eigenvalue weighted by atomic mass is 10.2. The molecule has 0 unspecified atom stereocenters. The van der Waals surface area contributed by atoms with E-state index in [0.29, 0.717) is 11.3 Å². The van der Waals surface area contributed by atoms with Crippen molar-refractivity contribution in [3.63, 3.8) is 0 Å². The number of nitrogens with zero attached hydrogens (tertiary/aromatic N) is 1. The Balaban J connectivity index is 2.17. The Morgan fingerprint density at radius 2 is 1.79 bits per heavy atom. The maximum atomic E-state index is 12.5. The summed E-state index contributed by atoms with van der Waals surface area (Å²) >= 11 is 4.88. The summed E-state index contributed by atoms with van der Waals surface area (Å²) in [6.45, 7) is 2.74. The molecule has 0 aliphatic carbocycles. The lowest BCUT2D eigenvalue weighted by Gasteiger charge is -2.13. The van der Waals surface area contributed by atoms with Gasteiger partial charge in [0.25, 0.3) is 11.1 Å². The van der Waals surface area contributed by atoms with E-state index in [2.05, 4.69) is 49.9 Å². The highest BCUT2D eigenvalue weighted by atomic mass is 127. The standard InChI is InChI=1S/C18H17I2NO7S/c1-9(2)28-14(22)7-21-17(24)13(29-18(21)25)6-10-4-11(19)16(12(20)5-10)27-8-15(23)26-3/h4-6,9H,7-8H2,1-3H3/b13-6+. The minimum absolute atomic E-state index is 0.210. The molecule has 1 aromatic rings. The Labute approximate surface area is 199 Å². The minimum Gasteiger partial charge on any atom is -0.480 e. The summed E-state index contributed by atoms with van der Waals surface area (Å²) in [5.41, 5.74) is 0.680. The lowest BCUT2D eigenvalue weighted by Crippen LogP contribution is -2.35. The number of thioether (sulfide) groups is 1. The van der Waals surface area contributed by atoms with Gasteiger partial charge in [-0.3, -0.25) is 19.3 Å². The van der Waals surface area contributed by atoms with Crippen LogP contribution in [-0.2, 0) is 23.9 Å². The number of benzene rings is 1. The number of amides is 2. The zero-order valence-corrected chi connectivity index (χ0v) is 20.8. The SMILES string of the molecule is COC(=O)COc1c(I)cc(/C=C2/SC(=O)N(CC(=O)OC(C)C)C2=O)cc1I.